The van der Waals surface area contributed by atoms with Crippen LogP contribution in [-0.2, 0) is 10.0 Å². The van der Waals surface area contributed by atoms with Gasteiger partial charge in [0.1, 0.15) is 5.75 Å². The number of thiazole rings is 1. The number of carbonyl (C=O) groups excluding carboxylic acids is 1. The number of hydrogen-bond acceptors (Lipinski definition) is 8. The monoisotopic (exact) mass is 503 g/mol. The average molecular weight is 504 g/mol. The van der Waals surface area contributed by atoms with E-state index in [4.69, 9.17) is 16.2 Å². The zero-order valence-electron chi connectivity index (χ0n) is 19.6. The van der Waals surface area contributed by atoms with Crippen molar-refractivity contribution >= 4 is 43.3 Å². The summed E-state index contributed by atoms with van der Waals surface area (Å²) >= 11 is 1.31. The predicted octanol–water partition coefficient (Wildman–Crippen LogP) is 2.81. The van der Waals surface area contributed by atoms with Gasteiger partial charge in [0.2, 0.25) is 11.7 Å². The van der Waals surface area contributed by atoms with Crippen LogP contribution in [0.1, 0.15) is 39.3 Å². The first-order chi connectivity index (χ1) is 16.0. The third-order valence-electron chi connectivity index (χ3n) is 5.50. The maximum Gasteiger partial charge on any atom is 0.264 e. The van der Waals surface area contributed by atoms with E-state index in [1.54, 1.807) is 26.8 Å². The van der Waals surface area contributed by atoms with Gasteiger partial charge in [0.15, 0.2) is 5.01 Å². The number of nitrogens with zero attached hydrogens (tertiary/aromatic N) is 2. The summed E-state index contributed by atoms with van der Waals surface area (Å²) in [6.45, 7) is 5.43. The van der Waals surface area contributed by atoms with Crippen LogP contribution in [0.15, 0.2) is 40.2 Å². The molecule has 3 aromatic rings. The number of aromatic nitrogens is 1. The lowest BCUT2D eigenvalue weighted by Gasteiger charge is -2.17. The minimum atomic E-state index is -3.93. The number of methoxy groups -OCH3 is 1. The van der Waals surface area contributed by atoms with E-state index in [0.717, 1.165) is 15.8 Å². The van der Waals surface area contributed by atoms with Crippen LogP contribution in [0.3, 0.4) is 0 Å². The molecule has 11 heteroatoms. The number of aliphatic imine (C=N–C) groups is 1. The number of para-hydroxylation sites is 1. The lowest BCUT2D eigenvalue weighted by Crippen LogP contribution is -2.37. The van der Waals surface area contributed by atoms with E-state index < -0.39 is 16.1 Å². The van der Waals surface area contributed by atoms with Gasteiger partial charge in [0.05, 0.1) is 28.3 Å². The Balaban J connectivity index is 1.59. The first kappa shape index (κ1) is 25.6. The number of ketones is 1. The number of ether oxygens (including phenoxy) is 1. The fourth-order valence-electron chi connectivity index (χ4n) is 3.65. The predicted molar refractivity (Wildman–Crippen MR) is 135 cm³/mol. The van der Waals surface area contributed by atoms with Gasteiger partial charge in [-0.2, -0.15) is 0 Å². The highest BCUT2D eigenvalue weighted by atomic mass is 32.2. The van der Waals surface area contributed by atoms with Crippen molar-refractivity contribution in [3.63, 3.8) is 0 Å². The first-order valence-corrected chi connectivity index (χ1v) is 13.0. The molecule has 5 N–H and O–H groups in total. The second kappa shape index (κ2) is 10.5. The van der Waals surface area contributed by atoms with Crippen LogP contribution >= 0.6 is 11.3 Å². The summed E-state index contributed by atoms with van der Waals surface area (Å²) in [6, 6.07) is 8.47. The van der Waals surface area contributed by atoms with Crippen LogP contribution in [0.5, 0.6) is 5.75 Å². The van der Waals surface area contributed by atoms with Gasteiger partial charge in [-0.1, -0.05) is 12.1 Å². The van der Waals surface area contributed by atoms with Crippen molar-refractivity contribution in [2.75, 3.05) is 13.7 Å². The summed E-state index contributed by atoms with van der Waals surface area (Å²) in [5, 5.41) is 0.380. The summed E-state index contributed by atoms with van der Waals surface area (Å²) in [7, 11) is -2.39. The largest absolute Gasteiger partial charge is 0.496 e. The molecule has 0 bridgehead atoms. The fraction of sp³-hybridized carbons (Fsp3) is 0.348. The fourth-order valence-corrected chi connectivity index (χ4v) is 6.10. The van der Waals surface area contributed by atoms with Crippen molar-refractivity contribution in [1.29, 1.82) is 0 Å². The molecule has 0 aliphatic rings. The van der Waals surface area contributed by atoms with Crippen molar-refractivity contribution < 1.29 is 17.9 Å². The number of sulfonamides is 1. The van der Waals surface area contributed by atoms with Crippen LogP contribution in [0.2, 0.25) is 0 Å². The third kappa shape index (κ3) is 5.54. The Morgan fingerprint density at radius 1 is 1.24 bits per heavy atom. The zero-order chi connectivity index (χ0) is 25.0. The Morgan fingerprint density at radius 2 is 1.94 bits per heavy atom. The number of nitrogens with two attached hydrogens (primary N) is 2. The Kier molecular flexibility index (Phi) is 7.90. The number of guanidine groups is 1. The molecular formula is C23H29N5O4S2. The van der Waals surface area contributed by atoms with Crippen LogP contribution < -0.4 is 20.9 Å². The topological polar surface area (TPSA) is 150 Å². The molecule has 0 radical (unpaired) electrons. The van der Waals surface area contributed by atoms with Crippen LogP contribution in [0.4, 0.5) is 0 Å². The van der Waals surface area contributed by atoms with Crippen LogP contribution in [0, 0.1) is 20.8 Å². The van der Waals surface area contributed by atoms with E-state index in [2.05, 4.69) is 14.7 Å². The van der Waals surface area contributed by atoms with Crippen LogP contribution in [-0.4, -0.2) is 44.8 Å². The summed E-state index contributed by atoms with van der Waals surface area (Å²) in [4.78, 5) is 21.2. The molecule has 0 spiro atoms. The summed E-state index contributed by atoms with van der Waals surface area (Å²) in [6.07, 6.45) is 0.827. The quantitative estimate of drug-likeness (QED) is 0.176. The number of aryl methyl sites for hydroxylation is 1. The van der Waals surface area contributed by atoms with Gasteiger partial charge in [-0.15, -0.1) is 11.3 Å². The number of Topliss-reactive ketones (excluding diaryl/α,β-unsaturated/α-hetero) is 1. The molecule has 1 heterocycles. The molecule has 0 aliphatic heterocycles. The zero-order valence-corrected chi connectivity index (χ0v) is 21.2. The second-order valence-corrected chi connectivity index (χ2v) is 10.6. The molecule has 182 valence electrons. The van der Waals surface area contributed by atoms with Crippen molar-refractivity contribution in [2.45, 2.75) is 44.6 Å². The lowest BCUT2D eigenvalue weighted by molar-refractivity contribution is 0.0956. The Hall–Kier alpha value is -3.02. The summed E-state index contributed by atoms with van der Waals surface area (Å²) in [5.41, 5.74) is 14.5. The molecule has 0 saturated heterocycles. The average Bonchev–Trinajstić information content (AvgIpc) is 3.22. The van der Waals surface area contributed by atoms with Crippen molar-refractivity contribution in [2.24, 2.45) is 16.5 Å². The number of benzene rings is 2. The number of rotatable bonds is 9. The molecule has 34 heavy (non-hydrogen) atoms. The molecule has 1 aromatic heterocycles. The number of carbonyl (C=O) groups is 1. The molecule has 3 rings (SSSR count). The normalized spacial score (nSPS) is 13.1. The Bertz CT molecular complexity index is 1320. The SMILES string of the molecule is COc1cc(C)c(S(=O)(=O)NC(N)=NCCCC(N)C(=O)c2nc3ccccc3s2)c(C)c1C. The third-order valence-corrected chi connectivity index (χ3v) is 8.20. The highest BCUT2D eigenvalue weighted by Crippen LogP contribution is 2.30. The number of hydrogen-bond donors (Lipinski definition) is 3. The molecule has 0 saturated carbocycles. The standard InChI is InChI=1S/C23H29N5O4S2/c1-13-12-18(32-4)14(2)15(3)21(13)34(30,31)28-23(25)26-11-7-8-16(24)20(29)22-27-17-9-5-6-10-19(17)33-22/h5-6,9-10,12,16H,7-8,11,24H2,1-4H3,(H3,25,26,28). The minimum absolute atomic E-state index is 0.146. The molecular weight excluding hydrogens is 474 g/mol. The molecule has 2 aromatic carbocycles. The van der Waals surface area contributed by atoms with Gasteiger partial charge < -0.3 is 16.2 Å². The highest BCUT2D eigenvalue weighted by molar-refractivity contribution is 7.90. The second-order valence-electron chi connectivity index (χ2n) is 7.95. The van der Waals surface area contributed by atoms with Crippen molar-refractivity contribution in [3.05, 3.63) is 52.0 Å². The van der Waals surface area contributed by atoms with Crippen molar-refractivity contribution in [1.82, 2.24) is 9.71 Å². The van der Waals surface area contributed by atoms with E-state index >= 15 is 0 Å². The minimum Gasteiger partial charge on any atom is -0.496 e. The first-order valence-electron chi connectivity index (χ1n) is 10.7. The van der Waals surface area contributed by atoms with Gasteiger partial charge in [-0.25, -0.2) is 18.1 Å². The Morgan fingerprint density at radius 3 is 2.62 bits per heavy atom. The highest BCUT2D eigenvalue weighted by Gasteiger charge is 2.24. The summed E-state index contributed by atoms with van der Waals surface area (Å²) < 4.78 is 34.4. The van der Waals surface area contributed by atoms with E-state index in [0.29, 0.717) is 34.7 Å². The molecule has 1 atom stereocenters. The van der Waals surface area contributed by atoms with Gasteiger partial charge in [0, 0.05) is 6.54 Å². The van der Waals surface area contributed by atoms with E-state index in [9.17, 15) is 13.2 Å². The van der Waals surface area contributed by atoms with Gasteiger partial charge in [-0.3, -0.25) is 9.79 Å². The van der Waals surface area contributed by atoms with E-state index in [-0.39, 0.29) is 23.2 Å². The molecule has 9 nitrogen and oxygen atoms in total. The molecule has 0 aliphatic carbocycles. The maximum absolute atomic E-state index is 12.9. The van der Waals surface area contributed by atoms with E-state index in [1.807, 2.05) is 24.3 Å². The van der Waals surface area contributed by atoms with Gasteiger partial charge in [-0.05, 0) is 68.5 Å². The van der Waals surface area contributed by atoms with E-state index in [1.165, 1.54) is 18.4 Å². The number of nitrogens with one attached hydrogen (secondary N) is 1. The Labute approximate surface area is 203 Å². The summed E-state index contributed by atoms with van der Waals surface area (Å²) in [5.74, 6) is 0.172. The van der Waals surface area contributed by atoms with Crippen molar-refractivity contribution in [3.8, 4) is 5.75 Å². The lowest BCUT2D eigenvalue weighted by atomic mass is 10.1. The maximum atomic E-state index is 12.9. The van der Waals surface area contributed by atoms with Gasteiger partial charge in [0.25, 0.3) is 10.0 Å². The molecule has 0 fully saturated rings. The smallest absolute Gasteiger partial charge is 0.264 e. The van der Waals surface area contributed by atoms with Crippen LogP contribution in [0.25, 0.3) is 10.2 Å². The van der Waals surface area contributed by atoms with Gasteiger partial charge >= 0.3 is 0 Å². The molecule has 1 unspecified atom stereocenters. The number of fused-ring (bicyclic) bond motifs is 1. The molecule has 0 amide bonds.